The Kier molecular flexibility index (Phi) is 5.46. The monoisotopic (exact) mass is 378 g/mol. The van der Waals surface area contributed by atoms with Gasteiger partial charge in [0, 0.05) is 11.1 Å². The van der Waals surface area contributed by atoms with E-state index in [0.29, 0.717) is 29.4 Å². The highest BCUT2D eigenvalue weighted by Gasteiger charge is 2.31. The summed E-state index contributed by atoms with van der Waals surface area (Å²) < 4.78 is 15.9. The molecule has 26 heavy (non-hydrogen) atoms. The van der Waals surface area contributed by atoms with Crippen LogP contribution in [-0.2, 0) is 20.7 Å². The van der Waals surface area contributed by atoms with Crippen LogP contribution in [0.1, 0.15) is 24.7 Å². The smallest absolute Gasteiger partial charge is 0.313 e. The van der Waals surface area contributed by atoms with E-state index in [1.807, 2.05) is 0 Å². The zero-order chi connectivity index (χ0) is 18.7. The number of anilines is 1. The van der Waals surface area contributed by atoms with E-state index in [1.54, 1.807) is 38.1 Å². The van der Waals surface area contributed by atoms with Crippen molar-refractivity contribution in [3.05, 3.63) is 40.6 Å². The maximum absolute atomic E-state index is 12.5. The van der Waals surface area contributed by atoms with E-state index < -0.39 is 23.9 Å². The number of halogens is 1. The molecule has 1 amide bonds. The van der Waals surface area contributed by atoms with Gasteiger partial charge >= 0.3 is 5.97 Å². The van der Waals surface area contributed by atoms with Crippen molar-refractivity contribution in [2.45, 2.75) is 32.8 Å². The Morgan fingerprint density at radius 1 is 1.42 bits per heavy atom. The fraction of sp³-hybridized carbons (Fsp3) is 0.389. The largest absolute Gasteiger partial charge is 0.492 e. The summed E-state index contributed by atoms with van der Waals surface area (Å²) in [4.78, 5) is 24.8. The van der Waals surface area contributed by atoms with Gasteiger partial charge in [0.15, 0.2) is 11.9 Å². The van der Waals surface area contributed by atoms with Crippen LogP contribution in [0.4, 0.5) is 5.82 Å². The summed E-state index contributed by atoms with van der Waals surface area (Å²) in [6.07, 6.45) is -0.125. The number of carbonyl (C=O) groups excluding carboxylic acids is 2. The Hall–Kier alpha value is -2.54. The van der Waals surface area contributed by atoms with Crippen LogP contribution in [0, 0.1) is 12.8 Å². The number of amides is 1. The second-order valence-corrected chi connectivity index (χ2v) is 6.55. The van der Waals surface area contributed by atoms with Crippen molar-refractivity contribution >= 4 is 29.3 Å². The SMILES string of the molecule is CC[C@@H](OC(=O)[C@H]1COc2ccc(Cl)cc2C1)C(=O)Nc1cc(C)on1. The third-order valence-corrected chi connectivity index (χ3v) is 4.30. The summed E-state index contributed by atoms with van der Waals surface area (Å²) in [7, 11) is 0. The molecule has 0 aliphatic carbocycles. The van der Waals surface area contributed by atoms with Gasteiger partial charge in [-0.05, 0) is 43.5 Å². The summed E-state index contributed by atoms with van der Waals surface area (Å²) in [6.45, 7) is 3.68. The van der Waals surface area contributed by atoms with Gasteiger partial charge in [0.1, 0.15) is 18.1 Å². The number of hydrogen-bond donors (Lipinski definition) is 1. The normalized spacial score (nSPS) is 17.0. The molecule has 0 fully saturated rings. The second kappa shape index (κ2) is 7.78. The molecular weight excluding hydrogens is 360 g/mol. The number of nitrogens with zero attached hydrogens (tertiary/aromatic N) is 1. The number of carbonyl (C=O) groups is 2. The topological polar surface area (TPSA) is 90.7 Å². The third-order valence-electron chi connectivity index (χ3n) is 4.06. The number of benzene rings is 1. The lowest BCUT2D eigenvalue weighted by atomic mass is 9.97. The highest BCUT2D eigenvalue weighted by atomic mass is 35.5. The van der Waals surface area contributed by atoms with Crippen molar-refractivity contribution in [3.8, 4) is 5.75 Å². The van der Waals surface area contributed by atoms with E-state index in [4.69, 9.17) is 25.6 Å². The summed E-state index contributed by atoms with van der Waals surface area (Å²) in [5.74, 6) is 0.152. The molecule has 2 heterocycles. The van der Waals surface area contributed by atoms with Crippen LogP contribution < -0.4 is 10.1 Å². The van der Waals surface area contributed by atoms with E-state index in [9.17, 15) is 9.59 Å². The van der Waals surface area contributed by atoms with Gasteiger partial charge in [-0.1, -0.05) is 23.7 Å². The van der Waals surface area contributed by atoms with Crippen LogP contribution in [0.3, 0.4) is 0 Å². The molecule has 0 radical (unpaired) electrons. The molecule has 1 aromatic heterocycles. The molecule has 0 saturated carbocycles. The number of fused-ring (bicyclic) bond motifs is 1. The minimum Gasteiger partial charge on any atom is -0.492 e. The maximum atomic E-state index is 12.5. The zero-order valence-electron chi connectivity index (χ0n) is 14.5. The molecule has 1 aliphatic heterocycles. The highest BCUT2D eigenvalue weighted by molar-refractivity contribution is 6.30. The van der Waals surface area contributed by atoms with Gasteiger partial charge in [-0.3, -0.25) is 9.59 Å². The lowest BCUT2D eigenvalue weighted by molar-refractivity contribution is -0.159. The fourth-order valence-corrected chi connectivity index (χ4v) is 2.90. The first-order valence-electron chi connectivity index (χ1n) is 8.32. The van der Waals surface area contributed by atoms with Gasteiger partial charge in [-0.15, -0.1) is 0 Å². The maximum Gasteiger partial charge on any atom is 0.313 e. The van der Waals surface area contributed by atoms with Crippen LogP contribution in [0.5, 0.6) is 5.75 Å². The van der Waals surface area contributed by atoms with Crippen LogP contribution in [0.15, 0.2) is 28.8 Å². The van der Waals surface area contributed by atoms with Crippen LogP contribution in [0.25, 0.3) is 0 Å². The third kappa shape index (κ3) is 4.16. The molecular formula is C18H19ClN2O5. The van der Waals surface area contributed by atoms with Gasteiger partial charge in [0.2, 0.25) is 0 Å². The predicted octanol–water partition coefficient (Wildman–Crippen LogP) is 3.15. The molecule has 2 aromatic rings. The average molecular weight is 379 g/mol. The van der Waals surface area contributed by atoms with Crippen molar-refractivity contribution in [2.75, 3.05) is 11.9 Å². The average Bonchev–Trinajstić information content (AvgIpc) is 3.03. The minimum atomic E-state index is -0.916. The van der Waals surface area contributed by atoms with Gasteiger partial charge < -0.3 is 19.3 Å². The van der Waals surface area contributed by atoms with Crippen molar-refractivity contribution < 1.29 is 23.6 Å². The molecule has 0 unspecified atom stereocenters. The number of aromatic nitrogens is 1. The van der Waals surface area contributed by atoms with E-state index in [2.05, 4.69) is 10.5 Å². The molecule has 3 rings (SSSR count). The number of esters is 1. The van der Waals surface area contributed by atoms with Crippen LogP contribution in [-0.4, -0.2) is 29.7 Å². The van der Waals surface area contributed by atoms with Crippen molar-refractivity contribution in [1.29, 1.82) is 0 Å². The van der Waals surface area contributed by atoms with Crippen LogP contribution in [0.2, 0.25) is 5.02 Å². The number of aryl methyl sites for hydroxylation is 1. The van der Waals surface area contributed by atoms with E-state index in [0.717, 1.165) is 5.56 Å². The van der Waals surface area contributed by atoms with E-state index in [-0.39, 0.29) is 12.4 Å². The molecule has 0 spiro atoms. The summed E-state index contributed by atoms with van der Waals surface area (Å²) in [6, 6.07) is 6.87. The quantitative estimate of drug-likeness (QED) is 0.804. The van der Waals surface area contributed by atoms with Crippen molar-refractivity contribution in [3.63, 3.8) is 0 Å². The molecule has 0 bridgehead atoms. The Labute approximate surface area is 155 Å². The zero-order valence-corrected chi connectivity index (χ0v) is 15.2. The molecule has 1 aromatic carbocycles. The number of hydrogen-bond acceptors (Lipinski definition) is 6. The Morgan fingerprint density at radius 3 is 2.92 bits per heavy atom. The van der Waals surface area contributed by atoms with E-state index in [1.165, 1.54) is 0 Å². The molecule has 1 aliphatic rings. The minimum absolute atomic E-state index is 0.202. The standard InChI is InChI=1S/C18H19ClN2O5/c1-3-14(17(22)20-16-6-10(2)26-21-16)25-18(23)12-7-11-8-13(19)4-5-15(11)24-9-12/h4-6,8,12,14H,3,7,9H2,1-2H3,(H,20,21,22)/t12-,14-/m1/s1. The fourth-order valence-electron chi connectivity index (χ4n) is 2.71. The molecule has 0 saturated heterocycles. The second-order valence-electron chi connectivity index (χ2n) is 6.11. The number of nitrogens with one attached hydrogen (secondary N) is 1. The lowest BCUT2D eigenvalue weighted by Crippen LogP contribution is -2.37. The predicted molar refractivity (Wildman–Crippen MR) is 94.2 cm³/mol. The van der Waals surface area contributed by atoms with Gasteiger partial charge in [-0.2, -0.15) is 0 Å². The Balaban J connectivity index is 1.61. The van der Waals surface area contributed by atoms with Crippen LogP contribution >= 0.6 is 11.6 Å². The van der Waals surface area contributed by atoms with E-state index >= 15 is 0 Å². The molecule has 138 valence electrons. The highest BCUT2D eigenvalue weighted by Crippen LogP contribution is 2.30. The summed E-state index contributed by atoms with van der Waals surface area (Å²) >= 11 is 5.99. The first kappa shape index (κ1) is 18.3. The van der Waals surface area contributed by atoms with Gasteiger partial charge in [0.05, 0.1) is 5.92 Å². The van der Waals surface area contributed by atoms with Gasteiger partial charge in [0.25, 0.3) is 5.91 Å². The first-order valence-corrected chi connectivity index (χ1v) is 8.70. The molecule has 1 N–H and O–H groups in total. The number of rotatable bonds is 5. The summed E-state index contributed by atoms with van der Waals surface area (Å²) in [5, 5.41) is 6.85. The van der Waals surface area contributed by atoms with Crippen molar-refractivity contribution in [1.82, 2.24) is 5.16 Å². The molecule has 7 nitrogen and oxygen atoms in total. The number of ether oxygens (including phenoxy) is 2. The Bertz CT molecular complexity index is 820. The Morgan fingerprint density at radius 2 is 2.23 bits per heavy atom. The summed E-state index contributed by atoms with van der Waals surface area (Å²) in [5.41, 5.74) is 0.848. The van der Waals surface area contributed by atoms with Crippen molar-refractivity contribution in [2.24, 2.45) is 5.92 Å². The van der Waals surface area contributed by atoms with Gasteiger partial charge in [-0.25, -0.2) is 0 Å². The first-order chi connectivity index (χ1) is 12.5. The molecule has 2 atom stereocenters. The lowest BCUT2D eigenvalue weighted by Gasteiger charge is -2.25. The molecule has 8 heteroatoms.